The van der Waals surface area contributed by atoms with Crippen molar-refractivity contribution in [3.8, 4) is 0 Å². The van der Waals surface area contributed by atoms with E-state index in [4.69, 9.17) is 4.74 Å². The van der Waals surface area contributed by atoms with Crippen LogP contribution >= 0.6 is 0 Å². The lowest BCUT2D eigenvalue weighted by molar-refractivity contribution is -0.157. The van der Waals surface area contributed by atoms with Crippen LogP contribution in [0.25, 0.3) is 0 Å². The highest BCUT2D eigenvalue weighted by molar-refractivity contribution is 5.89. The lowest BCUT2D eigenvalue weighted by Gasteiger charge is -2.21. The fraction of sp³-hybridized carbons (Fsp3) is 0.600. The number of nitrogens with zero attached hydrogens (tertiary/aromatic N) is 1. The molecule has 0 spiro atoms. The number of carbonyl (C=O) groups excluding carboxylic acids is 2. The van der Waals surface area contributed by atoms with Crippen LogP contribution in [-0.4, -0.2) is 36.0 Å². The van der Waals surface area contributed by atoms with Gasteiger partial charge in [0.1, 0.15) is 12.1 Å². The lowest BCUT2D eigenvalue weighted by Crippen LogP contribution is -2.35. The Balaban J connectivity index is 4.07. The van der Waals surface area contributed by atoms with Gasteiger partial charge in [-0.25, -0.2) is 0 Å². The molecule has 0 aromatic rings. The summed E-state index contributed by atoms with van der Waals surface area (Å²) in [7, 11) is 1.52. The van der Waals surface area contributed by atoms with Gasteiger partial charge in [0.25, 0.3) is 0 Å². The molecule has 0 rings (SSSR count). The second-order valence-corrected chi connectivity index (χ2v) is 3.98. The third-order valence-corrected chi connectivity index (χ3v) is 1.34. The molecule has 14 heavy (non-hydrogen) atoms. The molecule has 0 aromatic heterocycles. The zero-order chi connectivity index (χ0) is 11.4. The van der Waals surface area contributed by atoms with Crippen LogP contribution in [0.1, 0.15) is 20.8 Å². The molecule has 0 atom stereocenters. The summed E-state index contributed by atoms with van der Waals surface area (Å²) in [6.45, 7) is 8.60. The van der Waals surface area contributed by atoms with Crippen LogP contribution in [0.5, 0.6) is 0 Å². The number of carbonyl (C=O) groups is 2. The van der Waals surface area contributed by atoms with Gasteiger partial charge in [0.05, 0.1) is 0 Å². The van der Waals surface area contributed by atoms with Crippen LogP contribution in [-0.2, 0) is 14.3 Å². The van der Waals surface area contributed by atoms with E-state index in [2.05, 4.69) is 6.58 Å². The molecule has 0 saturated heterocycles. The first kappa shape index (κ1) is 12.7. The lowest BCUT2D eigenvalue weighted by atomic mass is 10.2. The molecule has 0 bridgehead atoms. The SMILES string of the molecule is C=CC(=O)N(C)CC(=O)OC(C)(C)C. The normalized spacial score (nSPS) is 10.6. The van der Waals surface area contributed by atoms with Gasteiger partial charge in [0, 0.05) is 7.05 Å². The quantitative estimate of drug-likeness (QED) is 0.502. The van der Waals surface area contributed by atoms with Crippen molar-refractivity contribution in [3.63, 3.8) is 0 Å². The minimum Gasteiger partial charge on any atom is -0.459 e. The standard InChI is InChI=1S/C10H17NO3/c1-6-8(12)11(5)7-9(13)14-10(2,3)4/h6H,1,7H2,2-5H3. The van der Waals surface area contributed by atoms with Gasteiger partial charge in [-0.15, -0.1) is 0 Å². The second-order valence-electron chi connectivity index (χ2n) is 3.98. The molecule has 0 saturated carbocycles. The van der Waals surface area contributed by atoms with E-state index < -0.39 is 11.6 Å². The van der Waals surface area contributed by atoms with Crippen molar-refractivity contribution in [3.05, 3.63) is 12.7 Å². The largest absolute Gasteiger partial charge is 0.459 e. The number of hydrogen-bond donors (Lipinski definition) is 0. The van der Waals surface area contributed by atoms with Crippen LogP contribution in [0.4, 0.5) is 0 Å². The Kier molecular flexibility index (Phi) is 4.34. The molecule has 0 aliphatic carbocycles. The second kappa shape index (κ2) is 4.79. The maximum Gasteiger partial charge on any atom is 0.326 e. The number of ether oxygens (including phenoxy) is 1. The van der Waals surface area contributed by atoms with E-state index in [-0.39, 0.29) is 12.5 Å². The predicted octanol–water partition coefficient (Wildman–Crippen LogP) is 0.972. The Morgan fingerprint density at radius 1 is 1.43 bits per heavy atom. The highest BCUT2D eigenvalue weighted by atomic mass is 16.6. The summed E-state index contributed by atoms with van der Waals surface area (Å²) in [6.07, 6.45) is 1.16. The Morgan fingerprint density at radius 2 is 1.93 bits per heavy atom. The van der Waals surface area contributed by atoms with Crippen molar-refractivity contribution in [2.24, 2.45) is 0 Å². The molecule has 0 fully saturated rings. The first-order valence-corrected chi connectivity index (χ1v) is 4.35. The van der Waals surface area contributed by atoms with E-state index in [1.807, 2.05) is 0 Å². The van der Waals surface area contributed by atoms with Crippen LogP contribution < -0.4 is 0 Å². The van der Waals surface area contributed by atoms with Gasteiger partial charge in [-0.2, -0.15) is 0 Å². The molecular formula is C10H17NO3. The third-order valence-electron chi connectivity index (χ3n) is 1.34. The molecule has 0 heterocycles. The summed E-state index contributed by atoms with van der Waals surface area (Å²) >= 11 is 0. The average Bonchev–Trinajstić information content (AvgIpc) is 1.99. The van der Waals surface area contributed by atoms with Gasteiger partial charge in [-0.3, -0.25) is 9.59 Å². The minimum atomic E-state index is -0.519. The Labute approximate surface area is 84.5 Å². The van der Waals surface area contributed by atoms with Crippen molar-refractivity contribution >= 4 is 11.9 Å². The monoisotopic (exact) mass is 199 g/mol. The van der Waals surface area contributed by atoms with Crippen molar-refractivity contribution in [1.29, 1.82) is 0 Å². The van der Waals surface area contributed by atoms with Crippen molar-refractivity contribution in [2.45, 2.75) is 26.4 Å². The Hall–Kier alpha value is -1.32. The molecular weight excluding hydrogens is 182 g/mol. The summed E-state index contributed by atoms with van der Waals surface area (Å²) in [5, 5.41) is 0. The summed E-state index contributed by atoms with van der Waals surface area (Å²) in [5.41, 5.74) is -0.519. The fourth-order valence-corrected chi connectivity index (χ4v) is 0.801. The Bertz CT molecular complexity index is 240. The van der Waals surface area contributed by atoms with Crippen LogP contribution in [0.3, 0.4) is 0 Å². The molecule has 0 radical (unpaired) electrons. The van der Waals surface area contributed by atoms with Gasteiger partial charge in [0.15, 0.2) is 0 Å². The smallest absolute Gasteiger partial charge is 0.326 e. The number of rotatable bonds is 3. The van der Waals surface area contributed by atoms with Crippen LogP contribution in [0.15, 0.2) is 12.7 Å². The first-order valence-electron chi connectivity index (χ1n) is 4.35. The first-order chi connectivity index (χ1) is 6.26. The van der Waals surface area contributed by atoms with Gasteiger partial charge in [-0.05, 0) is 26.8 Å². The molecule has 4 nitrogen and oxygen atoms in total. The van der Waals surface area contributed by atoms with Gasteiger partial charge < -0.3 is 9.64 Å². The van der Waals surface area contributed by atoms with E-state index >= 15 is 0 Å². The minimum absolute atomic E-state index is 0.0534. The van der Waals surface area contributed by atoms with E-state index in [1.54, 1.807) is 20.8 Å². The highest BCUT2D eigenvalue weighted by Gasteiger charge is 2.18. The topological polar surface area (TPSA) is 46.6 Å². The summed E-state index contributed by atoms with van der Waals surface area (Å²) in [6, 6.07) is 0. The third kappa shape index (κ3) is 5.35. The number of esters is 1. The molecule has 4 heteroatoms. The molecule has 1 amide bonds. The number of hydrogen-bond acceptors (Lipinski definition) is 3. The number of amides is 1. The summed E-state index contributed by atoms with van der Waals surface area (Å²) in [5.74, 6) is -0.717. The Morgan fingerprint density at radius 3 is 2.29 bits per heavy atom. The van der Waals surface area contributed by atoms with Crippen LogP contribution in [0, 0.1) is 0 Å². The molecule has 80 valence electrons. The molecule has 0 aliphatic heterocycles. The van der Waals surface area contributed by atoms with E-state index in [0.717, 1.165) is 6.08 Å². The predicted molar refractivity (Wildman–Crippen MR) is 53.7 cm³/mol. The van der Waals surface area contributed by atoms with Crippen molar-refractivity contribution < 1.29 is 14.3 Å². The number of likely N-dealkylation sites (N-methyl/N-ethyl adjacent to an activating group) is 1. The highest BCUT2D eigenvalue weighted by Crippen LogP contribution is 2.07. The van der Waals surface area contributed by atoms with Crippen LogP contribution in [0.2, 0.25) is 0 Å². The van der Waals surface area contributed by atoms with Crippen molar-refractivity contribution in [2.75, 3.05) is 13.6 Å². The van der Waals surface area contributed by atoms with Gasteiger partial charge in [-0.1, -0.05) is 6.58 Å². The zero-order valence-corrected chi connectivity index (χ0v) is 9.16. The zero-order valence-electron chi connectivity index (χ0n) is 9.16. The maximum absolute atomic E-state index is 11.2. The average molecular weight is 199 g/mol. The molecule has 0 aromatic carbocycles. The van der Waals surface area contributed by atoms with Gasteiger partial charge in [0.2, 0.25) is 5.91 Å². The summed E-state index contributed by atoms with van der Waals surface area (Å²) < 4.78 is 5.04. The van der Waals surface area contributed by atoms with E-state index in [0.29, 0.717) is 0 Å². The maximum atomic E-state index is 11.2. The molecule has 0 aliphatic rings. The van der Waals surface area contributed by atoms with E-state index in [9.17, 15) is 9.59 Å². The summed E-state index contributed by atoms with van der Waals surface area (Å²) in [4.78, 5) is 23.5. The van der Waals surface area contributed by atoms with Gasteiger partial charge >= 0.3 is 5.97 Å². The van der Waals surface area contributed by atoms with E-state index in [1.165, 1.54) is 11.9 Å². The molecule has 0 unspecified atom stereocenters. The molecule has 0 N–H and O–H groups in total. The van der Waals surface area contributed by atoms with Crippen molar-refractivity contribution in [1.82, 2.24) is 4.90 Å². The fourth-order valence-electron chi connectivity index (χ4n) is 0.801.